The molecule has 0 aromatic heterocycles. The van der Waals surface area contributed by atoms with Crippen LogP contribution in [-0.2, 0) is 10.1 Å². The van der Waals surface area contributed by atoms with Crippen molar-refractivity contribution in [1.29, 1.82) is 0 Å². The normalized spacial score (nSPS) is 11.3. The first-order chi connectivity index (χ1) is 10.9. The molecule has 0 heterocycles. The van der Waals surface area contributed by atoms with E-state index in [9.17, 15) is 13.0 Å². The van der Waals surface area contributed by atoms with E-state index < -0.39 is 10.1 Å². The predicted octanol–water partition coefficient (Wildman–Crippen LogP) is 0.856. The second-order valence-electron chi connectivity index (χ2n) is 4.84. The Hall–Kier alpha value is -0.614. The van der Waals surface area contributed by atoms with Gasteiger partial charge in [0, 0.05) is 18.8 Å². The molecule has 0 atom stereocenters. The molecule has 24 heavy (non-hydrogen) atoms. The number of benzene rings is 2. The van der Waals surface area contributed by atoms with E-state index in [0.29, 0.717) is 11.4 Å². The van der Waals surface area contributed by atoms with Gasteiger partial charge in [-0.05, 0) is 62.4 Å². The van der Waals surface area contributed by atoms with Gasteiger partial charge in [-0.15, -0.1) is 0 Å². The first-order valence-corrected chi connectivity index (χ1v) is 8.67. The van der Waals surface area contributed by atoms with E-state index >= 15 is 0 Å². The summed E-state index contributed by atoms with van der Waals surface area (Å²) in [4.78, 5) is 1.95. The number of rotatable bonds is 6. The average Bonchev–Trinajstić information content (AvgIpc) is 2.55. The van der Waals surface area contributed by atoms with Crippen LogP contribution in [0.15, 0.2) is 63.7 Å². The zero-order chi connectivity index (χ0) is 16.9. The zero-order valence-electron chi connectivity index (χ0n) is 14.0. The average molecular weight is 372 g/mol. The van der Waals surface area contributed by atoms with Crippen molar-refractivity contribution >= 4 is 27.2 Å². The van der Waals surface area contributed by atoms with E-state index in [2.05, 4.69) is 29.0 Å². The molecule has 0 N–H and O–H groups in total. The molecule has 0 fully saturated rings. The molecule has 2 aromatic rings. The first-order valence-electron chi connectivity index (χ1n) is 7.26. The maximum absolute atomic E-state index is 10.8. The van der Waals surface area contributed by atoms with Gasteiger partial charge in [0.15, 0.2) is 0 Å². The Morgan fingerprint density at radius 1 is 0.875 bits per heavy atom. The molecule has 0 aliphatic carbocycles. The molecule has 0 radical (unpaired) electrons. The molecule has 0 bridgehead atoms. The topological polar surface area (TPSA) is 85.2 Å². The van der Waals surface area contributed by atoms with Crippen molar-refractivity contribution in [2.75, 3.05) is 18.0 Å². The molecule has 0 aliphatic rings. The monoisotopic (exact) mass is 371 g/mol. The van der Waals surface area contributed by atoms with Crippen LogP contribution in [0.1, 0.15) is 13.8 Å². The van der Waals surface area contributed by atoms with E-state index in [-0.39, 0.29) is 56.3 Å². The third-order valence-corrected chi connectivity index (χ3v) is 4.23. The van der Waals surface area contributed by atoms with Gasteiger partial charge in [0.2, 0.25) is 0 Å². The van der Waals surface area contributed by atoms with Gasteiger partial charge in [0.05, 0.1) is 16.3 Å². The molecule has 0 unspecified atom stereocenters. The number of nitrogens with zero attached hydrogens (tertiary/aromatic N) is 3. The SMILES string of the molecule is CCN(CC)c1ccc(N=Nc2ccc(S(=O)(=O)[O-])cc2)cc1.[K+]. The van der Waals surface area contributed by atoms with Crippen LogP contribution in [0.4, 0.5) is 17.1 Å². The van der Waals surface area contributed by atoms with Gasteiger partial charge >= 0.3 is 51.4 Å². The molecule has 122 valence electrons. The van der Waals surface area contributed by atoms with Crippen LogP contribution >= 0.6 is 0 Å². The van der Waals surface area contributed by atoms with Crippen LogP contribution in [-0.4, -0.2) is 26.1 Å². The number of azo groups is 1. The van der Waals surface area contributed by atoms with E-state index in [0.717, 1.165) is 18.8 Å². The van der Waals surface area contributed by atoms with Crippen LogP contribution in [0.2, 0.25) is 0 Å². The van der Waals surface area contributed by atoms with Gasteiger partial charge in [-0.25, -0.2) is 8.42 Å². The second kappa shape index (κ2) is 9.76. The standard InChI is InChI=1S/C16H19N3O3S.K/c1-3-19(4-2)15-9-5-13(6-10-15)17-18-14-7-11-16(12-8-14)23(20,21)22;/h5-12H,3-4H2,1-2H3,(H,20,21,22);/q;+1/p-1. The number of hydrogen-bond acceptors (Lipinski definition) is 6. The Balaban J connectivity index is 0.00000288. The van der Waals surface area contributed by atoms with Gasteiger partial charge in [-0.3, -0.25) is 0 Å². The quantitative estimate of drug-likeness (QED) is 0.428. The number of hydrogen-bond donors (Lipinski definition) is 0. The molecule has 6 nitrogen and oxygen atoms in total. The second-order valence-corrected chi connectivity index (χ2v) is 6.22. The summed E-state index contributed by atoms with van der Waals surface area (Å²) in [6, 6.07) is 13.0. The van der Waals surface area contributed by atoms with Gasteiger partial charge in [0.25, 0.3) is 0 Å². The Morgan fingerprint density at radius 3 is 1.67 bits per heavy atom. The Kier molecular flexibility index (Phi) is 8.72. The third-order valence-electron chi connectivity index (χ3n) is 3.38. The summed E-state index contributed by atoms with van der Waals surface area (Å²) in [7, 11) is -4.43. The summed E-state index contributed by atoms with van der Waals surface area (Å²) in [6.45, 7) is 6.07. The van der Waals surface area contributed by atoms with Gasteiger partial charge in [-0.2, -0.15) is 10.2 Å². The van der Waals surface area contributed by atoms with Crippen LogP contribution in [0.5, 0.6) is 0 Å². The molecule has 0 aliphatic heterocycles. The van der Waals surface area contributed by atoms with Gasteiger partial charge in [0.1, 0.15) is 10.1 Å². The molecule has 8 heteroatoms. The molecule has 0 saturated heterocycles. The molecule has 0 spiro atoms. The van der Waals surface area contributed by atoms with E-state index in [1.807, 2.05) is 24.3 Å². The van der Waals surface area contributed by atoms with E-state index in [4.69, 9.17) is 0 Å². The Bertz CT molecular complexity index is 771. The van der Waals surface area contributed by atoms with E-state index in [1.165, 1.54) is 24.3 Å². The summed E-state index contributed by atoms with van der Waals surface area (Å²) in [5.74, 6) is 0. The van der Waals surface area contributed by atoms with Crippen molar-refractivity contribution in [1.82, 2.24) is 0 Å². The summed E-state index contributed by atoms with van der Waals surface area (Å²) in [6.07, 6.45) is 0. The Labute approximate surface area is 185 Å². The summed E-state index contributed by atoms with van der Waals surface area (Å²) < 4.78 is 32.5. The van der Waals surface area contributed by atoms with Crippen LogP contribution in [0.3, 0.4) is 0 Å². The van der Waals surface area contributed by atoms with Crippen molar-refractivity contribution in [3.05, 3.63) is 48.5 Å². The fourth-order valence-electron chi connectivity index (χ4n) is 2.11. The molecular weight excluding hydrogens is 353 g/mol. The minimum atomic E-state index is -4.43. The Morgan fingerprint density at radius 2 is 1.29 bits per heavy atom. The number of anilines is 1. The largest absolute Gasteiger partial charge is 1.00 e. The molecule has 2 rings (SSSR count). The van der Waals surface area contributed by atoms with Crippen molar-refractivity contribution in [2.45, 2.75) is 18.7 Å². The van der Waals surface area contributed by atoms with Crippen molar-refractivity contribution < 1.29 is 64.4 Å². The maximum atomic E-state index is 10.8. The minimum Gasteiger partial charge on any atom is -0.744 e. The summed E-state index contributed by atoms with van der Waals surface area (Å²) in [5.41, 5.74) is 2.30. The van der Waals surface area contributed by atoms with Crippen molar-refractivity contribution in [2.24, 2.45) is 10.2 Å². The van der Waals surface area contributed by atoms with Crippen LogP contribution in [0, 0.1) is 0 Å². The van der Waals surface area contributed by atoms with Crippen molar-refractivity contribution in [3.63, 3.8) is 0 Å². The fourth-order valence-corrected chi connectivity index (χ4v) is 2.58. The molecule has 2 aromatic carbocycles. The summed E-state index contributed by atoms with van der Waals surface area (Å²) in [5, 5.41) is 8.13. The van der Waals surface area contributed by atoms with Gasteiger partial charge in [-0.1, -0.05) is 0 Å². The first kappa shape index (κ1) is 21.4. The van der Waals surface area contributed by atoms with Crippen LogP contribution < -0.4 is 56.3 Å². The minimum absolute atomic E-state index is 0. The molecular formula is C16H18KN3O3S. The van der Waals surface area contributed by atoms with Gasteiger partial charge < -0.3 is 9.45 Å². The molecule has 0 amide bonds. The third kappa shape index (κ3) is 6.03. The van der Waals surface area contributed by atoms with Crippen molar-refractivity contribution in [3.8, 4) is 0 Å². The summed E-state index contributed by atoms with van der Waals surface area (Å²) >= 11 is 0. The van der Waals surface area contributed by atoms with E-state index in [1.54, 1.807) is 0 Å². The predicted molar refractivity (Wildman–Crippen MR) is 88.6 cm³/mol. The molecule has 0 saturated carbocycles. The smallest absolute Gasteiger partial charge is 0.744 e. The fraction of sp³-hybridized carbons (Fsp3) is 0.250. The zero-order valence-corrected chi connectivity index (χ0v) is 17.9. The van der Waals surface area contributed by atoms with Crippen LogP contribution in [0.25, 0.3) is 0 Å². The maximum Gasteiger partial charge on any atom is 1.00 e.